The lowest BCUT2D eigenvalue weighted by molar-refractivity contribution is -0.274. The third-order valence-corrected chi connectivity index (χ3v) is 2.43. The van der Waals surface area contributed by atoms with Gasteiger partial charge >= 0.3 is 12.3 Å². The standard InChI is InChI=1S/C13H13F3O4/c1-19-12(18)8-4-6-10(17)9-5-2-3-7-11(9)20-13(14,15)16/h2-3,5,7H,4,6,8H2,1H3. The lowest BCUT2D eigenvalue weighted by Crippen LogP contribution is -2.19. The highest BCUT2D eigenvalue weighted by Gasteiger charge is 2.32. The highest BCUT2D eigenvalue weighted by Crippen LogP contribution is 2.27. The van der Waals surface area contributed by atoms with Crippen molar-refractivity contribution < 1.29 is 32.2 Å². The van der Waals surface area contributed by atoms with Gasteiger partial charge in [-0.25, -0.2) is 0 Å². The van der Waals surface area contributed by atoms with Crippen LogP contribution in [0.2, 0.25) is 0 Å². The third-order valence-electron chi connectivity index (χ3n) is 2.43. The van der Waals surface area contributed by atoms with E-state index in [0.717, 1.165) is 6.07 Å². The largest absolute Gasteiger partial charge is 0.573 e. The molecule has 0 N–H and O–H groups in total. The Labute approximate surface area is 113 Å². The molecule has 0 aliphatic rings. The summed E-state index contributed by atoms with van der Waals surface area (Å²) in [6.07, 6.45) is -4.69. The van der Waals surface area contributed by atoms with Crippen molar-refractivity contribution in [3.8, 4) is 5.75 Å². The van der Waals surface area contributed by atoms with E-state index in [1.165, 1.54) is 25.3 Å². The van der Waals surface area contributed by atoms with Crippen molar-refractivity contribution in [2.24, 2.45) is 0 Å². The summed E-state index contributed by atoms with van der Waals surface area (Å²) in [7, 11) is 1.22. The van der Waals surface area contributed by atoms with E-state index in [1.54, 1.807) is 0 Å². The minimum atomic E-state index is -4.86. The molecule has 0 spiro atoms. The van der Waals surface area contributed by atoms with E-state index < -0.39 is 23.9 Å². The number of Topliss-reactive ketones (excluding diaryl/α,β-unsaturated/α-hetero) is 1. The molecule has 0 bridgehead atoms. The summed E-state index contributed by atoms with van der Waals surface area (Å²) in [6.45, 7) is 0. The Morgan fingerprint density at radius 3 is 2.40 bits per heavy atom. The molecular weight excluding hydrogens is 277 g/mol. The van der Waals surface area contributed by atoms with Crippen LogP contribution < -0.4 is 4.74 Å². The number of hydrogen-bond donors (Lipinski definition) is 0. The summed E-state index contributed by atoms with van der Waals surface area (Å²) in [4.78, 5) is 22.7. The van der Waals surface area contributed by atoms with Gasteiger partial charge in [0.15, 0.2) is 5.78 Å². The van der Waals surface area contributed by atoms with Crippen LogP contribution >= 0.6 is 0 Å². The van der Waals surface area contributed by atoms with Crippen LogP contribution in [0.1, 0.15) is 29.6 Å². The summed E-state index contributed by atoms with van der Waals surface area (Å²) in [5.41, 5.74) is -0.158. The maximum absolute atomic E-state index is 12.2. The van der Waals surface area contributed by atoms with Crippen LogP contribution in [-0.2, 0) is 9.53 Å². The zero-order valence-corrected chi connectivity index (χ0v) is 10.7. The first-order valence-electron chi connectivity index (χ1n) is 5.78. The SMILES string of the molecule is COC(=O)CCCC(=O)c1ccccc1OC(F)(F)F. The molecule has 20 heavy (non-hydrogen) atoms. The van der Waals surface area contributed by atoms with Gasteiger partial charge in [0.25, 0.3) is 0 Å². The van der Waals surface area contributed by atoms with Crippen molar-refractivity contribution in [3.05, 3.63) is 29.8 Å². The molecule has 0 saturated heterocycles. The molecule has 7 heteroatoms. The van der Waals surface area contributed by atoms with Crippen molar-refractivity contribution in [1.82, 2.24) is 0 Å². The molecule has 0 radical (unpaired) electrons. The topological polar surface area (TPSA) is 52.6 Å². The molecule has 0 atom stereocenters. The highest BCUT2D eigenvalue weighted by molar-refractivity contribution is 5.98. The van der Waals surface area contributed by atoms with Crippen molar-refractivity contribution in [2.75, 3.05) is 7.11 Å². The first-order chi connectivity index (χ1) is 9.33. The van der Waals surface area contributed by atoms with Gasteiger partial charge in [-0.1, -0.05) is 12.1 Å². The van der Waals surface area contributed by atoms with Gasteiger partial charge in [0.05, 0.1) is 12.7 Å². The van der Waals surface area contributed by atoms with E-state index in [-0.39, 0.29) is 24.8 Å². The minimum absolute atomic E-state index is 0.0323. The van der Waals surface area contributed by atoms with Gasteiger partial charge in [-0.15, -0.1) is 13.2 Å². The average molecular weight is 290 g/mol. The molecule has 0 aliphatic carbocycles. The normalized spacial score (nSPS) is 11.0. The van der Waals surface area contributed by atoms with E-state index >= 15 is 0 Å². The number of alkyl halides is 3. The smallest absolute Gasteiger partial charge is 0.469 e. The van der Waals surface area contributed by atoms with E-state index in [2.05, 4.69) is 9.47 Å². The Bertz CT molecular complexity index is 483. The first-order valence-corrected chi connectivity index (χ1v) is 5.78. The molecule has 1 rings (SSSR count). The number of benzene rings is 1. The Kier molecular flexibility index (Phi) is 5.54. The lowest BCUT2D eigenvalue weighted by Gasteiger charge is -2.12. The van der Waals surface area contributed by atoms with Crippen molar-refractivity contribution >= 4 is 11.8 Å². The monoisotopic (exact) mass is 290 g/mol. The summed E-state index contributed by atoms with van der Waals surface area (Å²) >= 11 is 0. The summed E-state index contributed by atoms with van der Waals surface area (Å²) < 4.78 is 44.8. The number of hydrogen-bond acceptors (Lipinski definition) is 4. The van der Waals surface area contributed by atoms with Crippen molar-refractivity contribution in [3.63, 3.8) is 0 Å². The summed E-state index contributed by atoms with van der Waals surface area (Å²) in [5.74, 6) is -1.53. The Morgan fingerprint density at radius 1 is 1.15 bits per heavy atom. The number of carbonyl (C=O) groups excluding carboxylic acids is 2. The van der Waals surface area contributed by atoms with Gasteiger partial charge in [-0.2, -0.15) is 0 Å². The van der Waals surface area contributed by atoms with Crippen LogP contribution in [-0.4, -0.2) is 25.2 Å². The second-order valence-electron chi connectivity index (χ2n) is 3.90. The molecule has 0 amide bonds. The van der Waals surface area contributed by atoms with Gasteiger partial charge < -0.3 is 9.47 Å². The first kappa shape index (κ1) is 16.0. The highest BCUT2D eigenvalue weighted by atomic mass is 19.4. The molecule has 4 nitrogen and oxygen atoms in total. The van der Waals surface area contributed by atoms with Crippen molar-refractivity contribution in [2.45, 2.75) is 25.6 Å². The Hall–Kier alpha value is -2.05. The molecule has 1 aromatic rings. The van der Waals surface area contributed by atoms with Crippen LogP contribution in [0, 0.1) is 0 Å². The summed E-state index contributed by atoms with van der Waals surface area (Å²) in [5, 5.41) is 0. The van der Waals surface area contributed by atoms with E-state index in [9.17, 15) is 22.8 Å². The molecule has 0 aromatic heterocycles. The van der Waals surface area contributed by atoms with Gasteiger partial charge in [-0.05, 0) is 18.6 Å². The van der Waals surface area contributed by atoms with Crippen LogP contribution in [0.5, 0.6) is 5.75 Å². The van der Waals surface area contributed by atoms with Crippen LogP contribution in [0.15, 0.2) is 24.3 Å². The lowest BCUT2D eigenvalue weighted by atomic mass is 10.0. The Morgan fingerprint density at radius 2 is 1.80 bits per heavy atom. The molecule has 1 aromatic carbocycles. The molecule has 0 heterocycles. The maximum Gasteiger partial charge on any atom is 0.573 e. The number of para-hydroxylation sites is 1. The average Bonchev–Trinajstić information content (AvgIpc) is 2.37. The van der Waals surface area contributed by atoms with Crippen LogP contribution in [0.4, 0.5) is 13.2 Å². The number of esters is 1. The third kappa shape index (κ3) is 5.29. The minimum Gasteiger partial charge on any atom is -0.469 e. The van der Waals surface area contributed by atoms with E-state index in [0.29, 0.717) is 0 Å². The number of carbonyl (C=O) groups is 2. The predicted octanol–water partition coefficient (Wildman–Crippen LogP) is 3.11. The number of ether oxygens (including phenoxy) is 2. The van der Waals surface area contributed by atoms with Gasteiger partial charge in [0.1, 0.15) is 5.75 Å². The van der Waals surface area contributed by atoms with E-state index in [4.69, 9.17) is 0 Å². The van der Waals surface area contributed by atoms with Crippen LogP contribution in [0.3, 0.4) is 0 Å². The predicted molar refractivity (Wildman–Crippen MR) is 63.3 cm³/mol. The molecule has 110 valence electrons. The van der Waals surface area contributed by atoms with Crippen LogP contribution in [0.25, 0.3) is 0 Å². The second kappa shape index (κ2) is 6.93. The zero-order chi connectivity index (χ0) is 15.2. The summed E-state index contributed by atoms with van der Waals surface area (Å²) in [6, 6.07) is 5.10. The molecule has 0 fully saturated rings. The fourth-order valence-electron chi connectivity index (χ4n) is 1.54. The molecule has 0 aliphatic heterocycles. The number of methoxy groups -OCH3 is 1. The van der Waals surface area contributed by atoms with E-state index in [1.807, 2.05) is 0 Å². The zero-order valence-electron chi connectivity index (χ0n) is 10.7. The van der Waals surface area contributed by atoms with Gasteiger partial charge in [0, 0.05) is 12.8 Å². The number of rotatable bonds is 6. The van der Waals surface area contributed by atoms with Gasteiger partial charge in [-0.3, -0.25) is 9.59 Å². The molecule has 0 saturated carbocycles. The fraction of sp³-hybridized carbons (Fsp3) is 0.385. The fourth-order valence-corrected chi connectivity index (χ4v) is 1.54. The number of ketones is 1. The molecule has 0 unspecified atom stereocenters. The molecular formula is C13H13F3O4. The maximum atomic E-state index is 12.2. The number of halogens is 3. The van der Waals surface area contributed by atoms with Crippen molar-refractivity contribution in [1.29, 1.82) is 0 Å². The Balaban J connectivity index is 2.70. The second-order valence-corrected chi connectivity index (χ2v) is 3.90. The van der Waals surface area contributed by atoms with Gasteiger partial charge in [0.2, 0.25) is 0 Å². The quantitative estimate of drug-likeness (QED) is 0.596.